The van der Waals surface area contributed by atoms with E-state index in [0.29, 0.717) is 11.6 Å². The van der Waals surface area contributed by atoms with Gasteiger partial charge in [-0.05, 0) is 50.1 Å². The third-order valence-electron chi connectivity index (χ3n) is 13.9. The number of hydrogen-bond donors (Lipinski definition) is 5. The molecule has 6 heterocycles. The van der Waals surface area contributed by atoms with Crippen LogP contribution in [0.15, 0.2) is 24.7 Å². The average molecular weight is 840 g/mol. The number of likely N-dealkylation sites (tertiary alicyclic amines) is 2. The molecule has 60 heavy (non-hydrogen) atoms. The van der Waals surface area contributed by atoms with Crippen molar-refractivity contribution in [1.29, 1.82) is 0 Å². The maximum atomic E-state index is 15.0. The van der Waals surface area contributed by atoms with Gasteiger partial charge in [-0.1, -0.05) is 33.8 Å². The summed E-state index contributed by atoms with van der Waals surface area (Å²) in [6.07, 6.45) is 9.58. The predicted octanol–water partition coefficient (Wildman–Crippen LogP) is 3.66. The molecular weight excluding hydrogens is 781 g/mol. The monoisotopic (exact) mass is 839 g/mol. The Morgan fingerprint density at radius 1 is 0.850 bits per heavy atom. The second-order valence-electron chi connectivity index (χ2n) is 18.3. The van der Waals surface area contributed by atoms with Gasteiger partial charge in [0.2, 0.25) is 17.7 Å². The summed E-state index contributed by atoms with van der Waals surface area (Å²) < 4.78 is 41.6. The molecule has 2 aliphatic carbocycles. The number of aromatic nitrogens is 4. The van der Waals surface area contributed by atoms with Gasteiger partial charge in [0, 0.05) is 54.4 Å². The first kappa shape index (κ1) is 42.1. The summed E-state index contributed by atoms with van der Waals surface area (Å²) in [6.45, 7) is 6.34. The number of alkyl carbamates (subject to hydrolysis) is 1. The lowest BCUT2D eigenvalue weighted by molar-refractivity contribution is -0.168. The standard InChI is InChI=1S/C42H59F2N9O7/c1-20(2)35(49-34(55)19-54)40(56)52-17-24(44)14-31(52)39-46-16-28(48-39)25-7-9-32-37-26(25)10-11-51(37)29-8-6-22(12-33(29)60-32)27-15-45-38(47-27)30-13-23(43)18-53(30)41(57)36(21(3)4)50-42(58)59-5/h10-11,15-16,20-26,29-33,35-37,54H,6-9,12-14,17-19H2,1-5H3,(H,45,47)(H,46,48)(H,49,55)(H,50,58)/t22?,23-,24-,25?,26?,29?,30+,31+,32?,33?,35+,36+,37?/m1/s1. The molecule has 5 N–H and O–H groups in total. The summed E-state index contributed by atoms with van der Waals surface area (Å²) in [7, 11) is 1.24. The van der Waals surface area contributed by atoms with E-state index < -0.39 is 61.0 Å². The number of hydrogen-bond acceptors (Lipinski definition) is 10. The van der Waals surface area contributed by atoms with E-state index in [9.17, 15) is 33.1 Å². The molecule has 7 unspecified atom stereocenters. The number of aromatic amines is 2. The number of H-pyrrole nitrogens is 2. The topological polar surface area (TPSA) is 198 Å². The van der Waals surface area contributed by atoms with E-state index in [-0.39, 0.29) is 85.7 Å². The Morgan fingerprint density at radius 2 is 1.45 bits per heavy atom. The van der Waals surface area contributed by atoms with Crippen LogP contribution in [0.25, 0.3) is 0 Å². The van der Waals surface area contributed by atoms with Crippen LogP contribution < -0.4 is 10.6 Å². The first-order valence-corrected chi connectivity index (χ1v) is 21.6. The van der Waals surface area contributed by atoms with Gasteiger partial charge in [-0.15, -0.1) is 0 Å². The molecular formula is C42H59F2N9O7. The molecule has 6 aliphatic rings. The number of alkyl halides is 2. The summed E-state index contributed by atoms with van der Waals surface area (Å²) in [5.41, 5.74) is 1.90. The van der Waals surface area contributed by atoms with Crippen molar-refractivity contribution in [1.82, 2.24) is 45.3 Å². The fourth-order valence-electron chi connectivity index (χ4n) is 10.9. The van der Waals surface area contributed by atoms with Gasteiger partial charge in [-0.2, -0.15) is 0 Å². The molecule has 2 aromatic rings. The summed E-state index contributed by atoms with van der Waals surface area (Å²) in [5, 5.41) is 14.5. The molecule has 16 nitrogen and oxygen atoms in total. The summed E-state index contributed by atoms with van der Waals surface area (Å²) in [4.78, 5) is 73.2. The number of ether oxygens (including phenoxy) is 2. The zero-order valence-corrected chi connectivity index (χ0v) is 34.9. The molecule has 4 aliphatic heterocycles. The van der Waals surface area contributed by atoms with Crippen molar-refractivity contribution >= 4 is 23.8 Å². The number of rotatable bonds is 11. The van der Waals surface area contributed by atoms with Gasteiger partial charge in [0.1, 0.15) is 42.7 Å². The molecule has 0 spiro atoms. The Kier molecular flexibility index (Phi) is 12.0. The largest absolute Gasteiger partial charge is 0.453 e. The van der Waals surface area contributed by atoms with E-state index in [0.717, 1.165) is 43.5 Å². The lowest BCUT2D eigenvalue weighted by Gasteiger charge is -2.54. The highest BCUT2D eigenvalue weighted by Crippen LogP contribution is 2.51. The lowest BCUT2D eigenvalue weighted by atomic mass is 9.71. The molecule has 0 aromatic carbocycles. The molecule has 2 aromatic heterocycles. The summed E-state index contributed by atoms with van der Waals surface area (Å²) in [6, 6.07) is -2.58. The second kappa shape index (κ2) is 17.1. The van der Waals surface area contributed by atoms with Gasteiger partial charge < -0.3 is 49.9 Å². The number of carbonyl (C=O) groups is 4. The number of morpholine rings is 1. The number of halogens is 2. The number of methoxy groups -OCH3 is 1. The first-order chi connectivity index (χ1) is 28.8. The van der Waals surface area contributed by atoms with Crippen LogP contribution in [0.2, 0.25) is 0 Å². The van der Waals surface area contributed by atoms with Crippen LogP contribution >= 0.6 is 0 Å². The number of aliphatic hydroxyl groups is 1. The fourth-order valence-corrected chi connectivity index (χ4v) is 10.9. The number of imidazole rings is 2. The van der Waals surface area contributed by atoms with E-state index in [4.69, 9.17) is 14.5 Å². The summed E-state index contributed by atoms with van der Waals surface area (Å²) >= 11 is 0. The third-order valence-corrected chi connectivity index (χ3v) is 13.9. The van der Waals surface area contributed by atoms with Crippen LogP contribution in [0.1, 0.15) is 120 Å². The molecule has 0 radical (unpaired) electrons. The molecule has 0 bridgehead atoms. The van der Waals surface area contributed by atoms with Crippen molar-refractivity contribution in [3.05, 3.63) is 47.7 Å². The highest BCUT2D eigenvalue weighted by Gasteiger charge is 2.54. The fraction of sp³-hybridized carbons (Fsp3) is 0.714. The van der Waals surface area contributed by atoms with Gasteiger partial charge in [0.05, 0.1) is 56.6 Å². The first-order valence-electron chi connectivity index (χ1n) is 21.6. The number of nitrogens with one attached hydrogen (secondary N) is 4. The maximum Gasteiger partial charge on any atom is 0.407 e. The molecule has 3 saturated heterocycles. The van der Waals surface area contributed by atoms with Crippen molar-refractivity contribution in [2.45, 2.75) is 145 Å². The number of amides is 4. The van der Waals surface area contributed by atoms with Crippen LogP contribution in [-0.2, 0) is 23.9 Å². The van der Waals surface area contributed by atoms with Gasteiger partial charge in [-0.3, -0.25) is 14.4 Å². The van der Waals surface area contributed by atoms with E-state index in [1.165, 1.54) is 16.9 Å². The molecule has 4 amide bonds. The Hall–Kier alpha value is -4.58. The quantitative estimate of drug-likeness (QED) is 0.223. The van der Waals surface area contributed by atoms with E-state index in [2.05, 4.69) is 42.8 Å². The van der Waals surface area contributed by atoms with Crippen LogP contribution in [0.4, 0.5) is 13.6 Å². The van der Waals surface area contributed by atoms with E-state index in [1.807, 2.05) is 26.2 Å². The minimum atomic E-state index is -1.23. The minimum Gasteiger partial charge on any atom is -0.453 e. The number of aliphatic hydroxyl groups excluding tert-OH is 1. The Labute approximate surface area is 348 Å². The Balaban J connectivity index is 0.917. The van der Waals surface area contributed by atoms with Crippen molar-refractivity contribution in [2.75, 3.05) is 26.8 Å². The molecule has 5 fully saturated rings. The van der Waals surface area contributed by atoms with Crippen LogP contribution in [-0.4, -0.2) is 139 Å². The summed E-state index contributed by atoms with van der Waals surface area (Å²) in [5.74, 6) is -0.391. The highest BCUT2D eigenvalue weighted by atomic mass is 19.1. The average Bonchev–Trinajstić information content (AvgIpc) is 4.08. The Bertz CT molecular complexity index is 1940. The number of carbonyl (C=O) groups excluding carboxylic acids is 4. The van der Waals surface area contributed by atoms with Crippen LogP contribution in [0.3, 0.4) is 0 Å². The predicted molar refractivity (Wildman–Crippen MR) is 212 cm³/mol. The van der Waals surface area contributed by atoms with Gasteiger partial charge in [-0.25, -0.2) is 23.5 Å². The van der Waals surface area contributed by atoms with Crippen LogP contribution in [0, 0.1) is 17.8 Å². The van der Waals surface area contributed by atoms with Crippen molar-refractivity contribution < 1.29 is 42.5 Å². The van der Waals surface area contributed by atoms with Gasteiger partial charge in [0.15, 0.2) is 0 Å². The minimum absolute atomic E-state index is 0.00259. The van der Waals surface area contributed by atoms with E-state index in [1.54, 1.807) is 13.8 Å². The number of fused-ring (bicyclic) bond motifs is 2. The van der Waals surface area contributed by atoms with Gasteiger partial charge in [0.25, 0.3) is 0 Å². The number of nitrogens with zero attached hydrogens (tertiary/aromatic N) is 5. The molecule has 2 saturated carbocycles. The second-order valence-corrected chi connectivity index (χ2v) is 18.3. The van der Waals surface area contributed by atoms with Crippen LogP contribution in [0.5, 0.6) is 0 Å². The van der Waals surface area contributed by atoms with Gasteiger partial charge >= 0.3 is 6.09 Å². The third kappa shape index (κ3) is 7.89. The SMILES string of the molecule is COC(=O)N[C@H](C(=O)N1C[C@H](F)C[C@H]1c1ncc(C2CCC3C(C2)OC2CCC(c4cnc([C@@H]5C[C@@H](F)CN5C(=O)[C@@H](NC(=O)CO)C(C)C)[nH]4)C4C=CN3C24)[nH]1)C(C)C. The maximum absolute atomic E-state index is 15.0. The molecule has 18 heteroatoms. The molecule has 328 valence electrons. The normalized spacial score (nSPS) is 33.2. The van der Waals surface area contributed by atoms with Crippen molar-refractivity contribution in [3.63, 3.8) is 0 Å². The molecule has 8 rings (SSSR count). The smallest absolute Gasteiger partial charge is 0.407 e. The molecule has 13 atom stereocenters. The van der Waals surface area contributed by atoms with Crippen molar-refractivity contribution in [2.24, 2.45) is 17.8 Å². The Morgan fingerprint density at radius 3 is 2.05 bits per heavy atom. The van der Waals surface area contributed by atoms with Crippen molar-refractivity contribution in [3.8, 4) is 0 Å². The zero-order chi connectivity index (χ0) is 42.6. The lowest BCUT2D eigenvalue weighted by Crippen LogP contribution is -2.62. The zero-order valence-electron chi connectivity index (χ0n) is 34.9. The highest BCUT2D eigenvalue weighted by molar-refractivity contribution is 5.89. The van der Waals surface area contributed by atoms with E-state index >= 15 is 0 Å².